The molecule has 0 fully saturated rings. The molecule has 0 saturated carbocycles. The summed E-state index contributed by atoms with van der Waals surface area (Å²) in [6, 6.07) is 6.58. The normalized spacial score (nSPS) is 12.4. The maximum Gasteiger partial charge on any atom is 0.342 e. The van der Waals surface area contributed by atoms with Gasteiger partial charge in [0.2, 0.25) is 0 Å². The smallest absolute Gasteiger partial charge is 0.342 e. The van der Waals surface area contributed by atoms with E-state index < -0.39 is 11.9 Å². The molecule has 0 aromatic heterocycles. The van der Waals surface area contributed by atoms with Gasteiger partial charge in [-0.25, -0.2) is 4.79 Å². The second-order valence-corrected chi connectivity index (χ2v) is 8.74. The van der Waals surface area contributed by atoms with Crippen LogP contribution in [0.2, 0.25) is 0 Å². The van der Waals surface area contributed by atoms with E-state index in [2.05, 4.69) is 45.9 Å². The molecule has 0 aliphatic carbocycles. The number of hydrogen-bond acceptors (Lipinski definition) is 4. The van der Waals surface area contributed by atoms with Gasteiger partial charge in [-0.1, -0.05) is 52.7 Å². The van der Waals surface area contributed by atoms with Gasteiger partial charge in [-0.3, -0.25) is 4.79 Å². The van der Waals surface area contributed by atoms with E-state index >= 15 is 0 Å². The second-order valence-electron chi connectivity index (χ2n) is 8.74. The minimum Gasteiger partial charge on any atom is -0.458 e. The number of carbonyl (C=O) groups is 2. The number of rotatable bonds is 13. The Morgan fingerprint density at radius 2 is 1.24 bits per heavy atom. The van der Waals surface area contributed by atoms with Crippen molar-refractivity contribution in [3.05, 3.63) is 76.4 Å². The lowest BCUT2D eigenvalue weighted by Gasteiger charge is -2.08. The first-order valence-corrected chi connectivity index (χ1v) is 11.7. The molecule has 0 spiro atoms. The zero-order chi connectivity index (χ0) is 24.6. The van der Waals surface area contributed by atoms with Crippen molar-refractivity contribution in [2.24, 2.45) is 0 Å². The van der Waals surface area contributed by atoms with Gasteiger partial charge in [0.05, 0.1) is 0 Å². The molecule has 1 aromatic rings. The zero-order valence-electron chi connectivity index (χ0n) is 21.2. The second kappa shape index (κ2) is 15.8. The summed E-state index contributed by atoms with van der Waals surface area (Å²) in [5.74, 6) is -0.759. The summed E-state index contributed by atoms with van der Waals surface area (Å²) >= 11 is 0. The summed E-state index contributed by atoms with van der Waals surface area (Å²) in [5, 5.41) is 0. The molecule has 0 N–H and O–H groups in total. The van der Waals surface area contributed by atoms with E-state index in [9.17, 15) is 9.59 Å². The monoisotopic (exact) mass is 452 g/mol. The number of allylic oxidation sites excluding steroid dienone is 7. The van der Waals surface area contributed by atoms with Gasteiger partial charge in [-0.2, -0.15) is 0 Å². The first-order chi connectivity index (χ1) is 15.7. The number of benzene rings is 1. The standard InChI is InChI=1S/C29H40O4/c1-22(2)12-9-13-23(3)14-10-15-24(4)16-11-17-25(5)20-21-32-29(31)27-18-7-8-19-28(27)33-26(6)30/h7-8,12,14,16,18-20H,9-11,13,15,17,21H2,1-6H3. The van der Waals surface area contributed by atoms with Crippen molar-refractivity contribution >= 4 is 11.9 Å². The largest absolute Gasteiger partial charge is 0.458 e. The van der Waals surface area contributed by atoms with Crippen molar-refractivity contribution < 1.29 is 19.1 Å². The van der Waals surface area contributed by atoms with Crippen LogP contribution >= 0.6 is 0 Å². The molecule has 1 aromatic carbocycles. The molecule has 0 aliphatic heterocycles. The van der Waals surface area contributed by atoms with Crippen LogP contribution in [-0.4, -0.2) is 18.5 Å². The van der Waals surface area contributed by atoms with Crippen LogP contribution < -0.4 is 4.74 Å². The molecule has 1 rings (SSSR count). The summed E-state index contributed by atoms with van der Waals surface area (Å²) in [5.41, 5.74) is 5.68. The van der Waals surface area contributed by atoms with E-state index in [-0.39, 0.29) is 17.9 Å². The Labute approximate surface area is 200 Å². The minimum absolute atomic E-state index is 0.193. The van der Waals surface area contributed by atoms with Crippen LogP contribution in [0.3, 0.4) is 0 Å². The fraction of sp³-hybridized carbons (Fsp3) is 0.448. The molecule has 0 amide bonds. The van der Waals surface area contributed by atoms with E-state index in [0.29, 0.717) is 0 Å². The van der Waals surface area contributed by atoms with Crippen molar-refractivity contribution in [1.82, 2.24) is 0 Å². The lowest BCUT2D eigenvalue weighted by atomic mass is 10.0. The summed E-state index contributed by atoms with van der Waals surface area (Å²) in [6.45, 7) is 12.2. The highest BCUT2D eigenvalue weighted by Gasteiger charge is 2.14. The molecule has 0 unspecified atom stereocenters. The first kappa shape index (κ1) is 28.2. The molecule has 0 atom stereocenters. The molecule has 0 bridgehead atoms. The van der Waals surface area contributed by atoms with Gasteiger partial charge in [0, 0.05) is 6.92 Å². The van der Waals surface area contributed by atoms with Crippen molar-refractivity contribution in [3.63, 3.8) is 0 Å². The Bertz CT molecular complexity index is 896. The third-order valence-corrected chi connectivity index (χ3v) is 5.16. The Hall–Kier alpha value is -2.88. The van der Waals surface area contributed by atoms with Crippen molar-refractivity contribution in [3.8, 4) is 5.75 Å². The van der Waals surface area contributed by atoms with Gasteiger partial charge in [0.1, 0.15) is 17.9 Å². The summed E-state index contributed by atoms with van der Waals surface area (Å²) in [7, 11) is 0. The highest BCUT2D eigenvalue weighted by Crippen LogP contribution is 2.19. The van der Waals surface area contributed by atoms with Crippen LogP contribution in [0.25, 0.3) is 0 Å². The quantitative estimate of drug-likeness (QED) is 0.173. The molecule has 0 saturated heterocycles. The van der Waals surface area contributed by atoms with E-state index in [0.717, 1.165) is 38.5 Å². The van der Waals surface area contributed by atoms with E-state index in [1.165, 1.54) is 29.2 Å². The number of ether oxygens (including phenoxy) is 2. The third-order valence-electron chi connectivity index (χ3n) is 5.16. The lowest BCUT2D eigenvalue weighted by Crippen LogP contribution is -2.10. The van der Waals surface area contributed by atoms with Crippen LogP contribution in [0.4, 0.5) is 0 Å². The molecule has 180 valence electrons. The Kier molecular flexibility index (Phi) is 13.5. The van der Waals surface area contributed by atoms with E-state index in [1.807, 2.05) is 13.0 Å². The van der Waals surface area contributed by atoms with Crippen molar-refractivity contribution in [2.75, 3.05) is 6.61 Å². The van der Waals surface area contributed by atoms with E-state index in [1.54, 1.807) is 24.3 Å². The van der Waals surface area contributed by atoms with Gasteiger partial charge in [0.15, 0.2) is 0 Å². The van der Waals surface area contributed by atoms with Gasteiger partial charge < -0.3 is 9.47 Å². The lowest BCUT2D eigenvalue weighted by molar-refractivity contribution is -0.131. The molecule has 4 heteroatoms. The maximum absolute atomic E-state index is 12.3. The zero-order valence-corrected chi connectivity index (χ0v) is 21.2. The molecule has 0 heterocycles. The van der Waals surface area contributed by atoms with Gasteiger partial charge in [-0.05, 0) is 91.4 Å². The fourth-order valence-electron chi connectivity index (χ4n) is 3.20. The van der Waals surface area contributed by atoms with Gasteiger partial charge in [0.25, 0.3) is 0 Å². The van der Waals surface area contributed by atoms with Crippen molar-refractivity contribution in [1.29, 1.82) is 0 Å². The minimum atomic E-state index is -0.504. The Morgan fingerprint density at radius 1 is 0.727 bits per heavy atom. The predicted octanol–water partition coefficient (Wildman–Crippen LogP) is 7.91. The summed E-state index contributed by atoms with van der Waals surface area (Å²) in [4.78, 5) is 23.5. The van der Waals surface area contributed by atoms with Crippen LogP contribution in [0.5, 0.6) is 5.75 Å². The van der Waals surface area contributed by atoms with Crippen LogP contribution in [-0.2, 0) is 9.53 Å². The topological polar surface area (TPSA) is 52.6 Å². The van der Waals surface area contributed by atoms with Crippen molar-refractivity contribution in [2.45, 2.75) is 80.1 Å². The van der Waals surface area contributed by atoms with Gasteiger partial charge in [-0.15, -0.1) is 0 Å². The number of hydrogen-bond donors (Lipinski definition) is 0. The average Bonchev–Trinajstić information content (AvgIpc) is 2.73. The number of carbonyl (C=O) groups excluding carboxylic acids is 2. The SMILES string of the molecule is CC(=O)Oc1ccccc1C(=O)OCC=C(C)CCC=C(C)CCC=C(C)CCC=C(C)C. The predicted molar refractivity (Wildman–Crippen MR) is 136 cm³/mol. The highest BCUT2D eigenvalue weighted by molar-refractivity contribution is 5.93. The molecule has 4 nitrogen and oxygen atoms in total. The maximum atomic E-state index is 12.3. The van der Waals surface area contributed by atoms with Crippen LogP contribution in [0, 0.1) is 0 Å². The number of para-hydroxylation sites is 1. The van der Waals surface area contributed by atoms with Crippen LogP contribution in [0.15, 0.2) is 70.9 Å². The third kappa shape index (κ3) is 13.3. The Balaban J connectivity index is 2.38. The first-order valence-electron chi connectivity index (χ1n) is 11.7. The van der Waals surface area contributed by atoms with Crippen LogP contribution in [0.1, 0.15) is 90.4 Å². The van der Waals surface area contributed by atoms with Gasteiger partial charge >= 0.3 is 11.9 Å². The molecule has 33 heavy (non-hydrogen) atoms. The molecule has 0 aliphatic rings. The average molecular weight is 453 g/mol. The summed E-state index contributed by atoms with van der Waals surface area (Å²) in [6.07, 6.45) is 15.2. The molecular formula is C29H40O4. The summed E-state index contributed by atoms with van der Waals surface area (Å²) < 4.78 is 10.4. The molecule has 0 radical (unpaired) electrons. The molecular weight excluding hydrogens is 412 g/mol. The number of esters is 2. The Morgan fingerprint density at radius 3 is 1.79 bits per heavy atom. The van der Waals surface area contributed by atoms with E-state index in [4.69, 9.17) is 9.47 Å². The highest BCUT2D eigenvalue weighted by atomic mass is 16.5. The fourth-order valence-corrected chi connectivity index (χ4v) is 3.20.